The van der Waals surface area contributed by atoms with Crippen LogP contribution in [-0.4, -0.2) is 55.6 Å². The highest BCUT2D eigenvalue weighted by atomic mass is 16.5. The third-order valence-corrected chi connectivity index (χ3v) is 2.61. The maximum atomic E-state index is 12.0. The number of rotatable bonds is 7. The van der Waals surface area contributed by atoms with Crippen LogP contribution in [0.1, 0.15) is 16.8 Å². The molecule has 1 rings (SSSR count). The van der Waals surface area contributed by atoms with Gasteiger partial charge < -0.3 is 19.9 Å². The van der Waals surface area contributed by atoms with Gasteiger partial charge >= 0.3 is 0 Å². The SMILES string of the molecule is COCCCNC(=O)CN(C)C(=O)c1ccc(=O)[nH]c1. The lowest BCUT2D eigenvalue weighted by molar-refractivity contribution is -0.121. The van der Waals surface area contributed by atoms with Gasteiger partial charge in [-0.2, -0.15) is 0 Å². The van der Waals surface area contributed by atoms with E-state index in [1.807, 2.05) is 0 Å². The van der Waals surface area contributed by atoms with E-state index in [9.17, 15) is 14.4 Å². The number of pyridine rings is 1. The van der Waals surface area contributed by atoms with Crippen LogP contribution in [0.3, 0.4) is 0 Å². The fourth-order valence-electron chi connectivity index (χ4n) is 1.55. The maximum absolute atomic E-state index is 12.0. The van der Waals surface area contributed by atoms with Gasteiger partial charge in [0.05, 0.1) is 12.1 Å². The molecule has 0 unspecified atom stereocenters. The van der Waals surface area contributed by atoms with Crippen molar-refractivity contribution in [3.8, 4) is 0 Å². The van der Waals surface area contributed by atoms with E-state index >= 15 is 0 Å². The maximum Gasteiger partial charge on any atom is 0.255 e. The van der Waals surface area contributed by atoms with Gasteiger partial charge in [0, 0.05) is 39.6 Å². The number of methoxy groups -OCH3 is 1. The van der Waals surface area contributed by atoms with Crippen LogP contribution in [0.4, 0.5) is 0 Å². The fraction of sp³-hybridized carbons (Fsp3) is 0.462. The van der Waals surface area contributed by atoms with E-state index in [0.29, 0.717) is 18.7 Å². The third kappa shape index (κ3) is 5.23. The van der Waals surface area contributed by atoms with Crippen molar-refractivity contribution < 1.29 is 14.3 Å². The van der Waals surface area contributed by atoms with Gasteiger partial charge in [0.2, 0.25) is 11.5 Å². The monoisotopic (exact) mass is 281 g/mol. The number of likely N-dealkylation sites (N-methyl/N-ethyl adjacent to an activating group) is 1. The number of hydrogen-bond acceptors (Lipinski definition) is 4. The van der Waals surface area contributed by atoms with Gasteiger partial charge in [0.15, 0.2) is 0 Å². The molecule has 0 fully saturated rings. The van der Waals surface area contributed by atoms with Gasteiger partial charge in [-0.05, 0) is 12.5 Å². The van der Waals surface area contributed by atoms with Gasteiger partial charge in [-0.25, -0.2) is 0 Å². The molecule has 0 spiro atoms. The van der Waals surface area contributed by atoms with E-state index in [-0.39, 0.29) is 23.9 Å². The molecule has 110 valence electrons. The Morgan fingerprint density at radius 1 is 1.40 bits per heavy atom. The Labute approximate surface area is 116 Å². The van der Waals surface area contributed by atoms with Crippen molar-refractivity contribution >= 4 is 11.8 Å². The molecule has 0 bridgehead atoms. The molecular weight excluding hydrogens is 262 g/mol. The van der Waals surface area contributed by atoms with E-state index in [4.69, 9.17) is 4.74 Å². The van der Waals surface area contributed by atoms with Crippen molar-refractivity contribution in [1.29, 1.82) is 0 Å². The lowest BCUT2D eigenvalue weighted by Crippen LogP contribution is -2.39. The number of carbonyl (C=O) groups excluding carboxylic acids is 2. The summed E-state index contributed by atoms with van der Waals surface area (Å²) in [5, 5.41) is 2.69. The summed E-state index contributed by atoms with van der Waals surface area (Å²) in [5.41, 5.74) is 0.0550. The molecule has 2 amide bonds. The summed E-state index contributed by atoms with van der Waals surface area (Å²) in [4.78, 5) is 38.2. The molecule has 0 aromatic carbocycles. The van der Waals surface area contributed by atoms with Crippen LogP contribution >= 0.6 is 0 Å². The van der Waals surface area contributed by atoms with Gasteiger partial charge in [0.1, 0.15) is 0 Å². The number of nitrogens with one attached hydrogen (secondary N) is 2. The van der Waals surface area contributed by atoms with Crippen molar-refractivity contribution in [3.05, 3.63) is 34.2 Å². The second-order valence-corrected chi connectivity index (χ2v) is 4.30. The first kappa shape index (κ1) is 15.9. The van der Waals surface area contributed by atoms with Crippen LogP contribution < -0.4 is 10.9 Å². The zero-order valence-electron chi connectivity index (χ0n) is 11.6. The molecule has 0 aliphatic rings. The number of aromatic amines is 1. The number of amides is 2. The Morgan fingerprint density at radius 3 is 2.75 bits per heavy atom. The first-order chi connectivity index (χ1) is 9.54. The number of nitrogens with zero attached hydrogens (tertiary/aromatic N) is 1. The Hall–Kier alpha value is -2.15. The lowest BCUT2D eigenvalue weighted by atomic mass is 10.2. The number of aromatic nitrogens is 1. The fourth-order valence-corrected chi connectivity index (χ4v) is 1.55. The zero-order chi connectivity index (χ0) is 15.0. The van der Waals surface area contributed by atoms with Crippen molar-refractivity contribution in [2.75, 3.05) is 33.9 Å². The highest BCUT2D eigenvalue weighted by Gasteiger charge is 2.14. The summed E-state index contributed by atoms with van der Waals surface area (Å²) in [6.45, 7) is 1.05. The van der Waals surface area contributed by atoms with Crippen molar-refractivity contribution in [2.24, 2.45) is 0 Å². The number of ether oxygens (including phenoxy) is 1. The summed E-state index contributed by atoms with van der Waals surface area (Å²) >= 11 is 0. The summed E-state index contributed by atoms with van der Waals surface area (Å²) < 4.78 is 4.87. The average Bonchev–Trinajstić information content (AvgIpc) is 2.43. The Bertz CT molecular complexity index is 492. The van der Waals surface area contributed by atoms with Gasteiger partial charge in [-0.3, -0.25) is 14.4 Å². The average molecular weight is 281 g/mol. The number of hydrogen-bond donors (Lipinski definition) is 2. The van der Waals surface area contributed by atoms with E-state index in [2.05, 4.69) is 10.3 Å². The first-order valence-electron chi connectivity index (χ1n) is 6.24. The number of carbonyl (C=O) groups is 2. The Morgan fingerprint density at radius 2 is 2.15 bits per heavy atom. The van der Waals surface area contributed by atoms with Crippen LogP contribution in [-0.2, 0) is 9.53 Å². The molecule has 0 saturated heterocycles. The molecule has 1 aromatic rings. The molecule has 0 atom stereocenters. The predicted molar refractivity (Wildman–Crippen MR) is 73.5 cm³/mol. The quantitative estimate of drug-likeness (QED) is 0.665. The van der Waals surface area contributed by atoms with Gasteiger partial charge in [0.25, 0.3) is 5.91 Å². The summed E-state index contributed by atoms with van der Waals surface area (Å²) in [5.74, 6) is -0.560. The van der Waals surface area contributed by atoms with E-state index in [0.717, 1.165) is 6.42 Å². The van der Waals surface area contributed by atoms with Crippen molar-refractivity contribution in [2.45, 2.75) is 6.42 Å². The standard InChI is InChI=1S/C13H19N3O4/c1-16(9-12(18)14-6-3-7-20-2)13(19)10-4-5-11(17)15-8-10/h4-5,8H,3,6-7,9H2,1-2H3,(H,14,18)(H,15,17). The predicted octanol–water partition coefficient (Wildman–Crippen LogP) is -0.400. The van der Waals surface area contributed by atoms with Crippen LogP contribution in [0.15, 0.2) is 23.1 Å². The molecular formula is C13H19N3O4. The minimum atomic E-state index is -0.326. The minimum absolute atomic E-state index is 0.0368. The molecule has 20 heavy (non-hydrogen) atoms. The van der Waals surface area contributed by atoms with Crippen LogP contribution in [0.5, 0.6) is 0 Å². The summed E-state index contributed by atoms with van der Waals surface area (Å²) in [7, 11) is 3.13. The second kappa shape index (κ2) is 8.11. The molecule has 0 saturated carbocycles. The molecule has 1 heterocycles. The topological polar surface area (TPSA) is 91.5 Å². The molecule has 1 aromatic heterocycles. The molecule has 2 N–H and O–H groups in total. The smallest absolute Gasteiger partial charge is 0.255 e. The summed E-state index contributed by atoms with van der Waals surface area (Å²) in [6, 6.07) is 2.69. The second-order valence-electron chi connectivity index (χ2n) is 4.30. The first-order valence-corrected chi connectivity index (χ1v) is 6.24. The van der Waals surface area contributed by atoms with Crippen LogP contribution in [0, 0.1) is 0 Å². The molecule has 7 nitrogen and oxygen atoms in total. The van der Waals surface area contributed by atoms with E-state index in [1.54, 1.807) is 7.11 Å². The minimum Gasteiger partial charge on any atom is -0.385 e. The van der Waals surface area contributed by atoms with Crippen LogP contribution in [0.25, 0.3) is 0 Å². The molecule has 7 heteroatoms. The van der Waals surface area contributed by atoms with Crippen molar-refractivity contribution in [3.63, 3.8) is 0 Å². The molecule has 0 radical (unpaired) electrons. The van der Waals surface area contributed by atoms with E-state index < -0.39 is 0 Å². The highest BCUT2D eigenvalue weighted by molar-refractivity contribution is 5.96. The highest BCUT2D eigenvalue weighted by Crippen LogP contribution is 1.99. The van der Waals surface area contributed by atoms with Crippen molar-refractivity contribution in [1.82, 2.24) is 15.2 Å². The van der Waals surface area contributed by atoms with E-state index in [1.165, 1.54) is 30.3 Å². The van der Waals surface area contributed by atoms with Gasteiger partial charge in [-0.1, -0.05) is 0 Å². The Kier molecular flexibility index (Phi) is 6.45. The molecule has 0 aliphatic carbocycles. The van der Waals surface area contributed by atoms with Gasteiger partial charge in [-0.15, -0.1) is 0 Å². The zero-order valence-corrected chi connectivity index (χ0v) is 11.6. The number of H-pyrrole nitrogens is 1. The molecule has 0 aliphatic heterocycles. The summed E-state index contributed by atoms with van der Waals surface area (Å²) in [6.07, 6.45) is 2.05. The third-order valence-electron chi connectivity index (χ3n) is 2.61. The Balaban J connectivity index is 2.43. The lowest BCUT2D eigenvalue weighted by Gasteiger charge is -2.16. The largest absolute Gasteiger partial charge is 0.385 e. The van der Waals surface area contributed by atoms with Crippen LogP contribution in [0.2, 0.25) is 0 Å². The normalized spacial score (nSPS) is 10.1.